The van der Waals surface area contributed by atoms with Crippen LogP contribution in [0.25, 0.3) is 0 Å². The van der Waals surface area contributed by atoms with Gasteiger partial charge in [-0.05, 0) is 37.8 Å². The molecular formula is C29H32N4O7. The normalized spacial score (nSPS) is 26.5. The standard InChI is InChI=1S/C29H32N4O7/c1-16-8-4-6-10-20(16)23(35)24(36)26-29(39,25(37)21-11-7-5-9-17(21)2)14-22(40-26)33-15-32(19-12-13-19)27(30-18(3)34)31-28(33)38/h4-11,19,22,24,26,36,39H,12-15H2,1-3H3,(H,30,31,34,38)/t22-,24?,26-,29-/m1/s1. The van der Waals surface area contributed by atoms with Gasteiger partial charge in [-0.3, -0.25) is 24.6 Å². The number of guanidine groups is 1. The first-order chi connectivity index (χ1) is 19.0. The van der Waals surface area contributed by atoms with Crippen molar-refractivity contribution in [2.45, 2.75) is 70.1 Å². The number of ketones is 2. The average Bonchev–Trinajstić information content (AvgIpc) is 3.69. The van der Waals surface area contributed by atoms with Crippen LogP contribution >= 0.6 is 0 Å². The summed E-state index contributed by atoms with van der Waals surface area (Å²) in [6.45, 7) is 4.70. The van der Waals surface area contributed by atoms with Gasteiger partial charge in [0, 0.05) is 30.5 Å². The highest BCUT2D eigenvalue weighted by Crippen LogP contribution is 2.39. The summed E-state index contributed by atoms with van der Waals surface area (Å²) >= 11 is 0. The van der Waals surface area contributed by atoms with E-state index < -0.39 is 47.5 Å². The first-order valence-electron chi connectivity index (χ1n) is 13.2. The van der Waals surface area contributed by atoms with Crippen LogP contribution in [0.3, 0.4) is 0 Å². The van der Waals surface area contributed by atoms with Crippen LogP contribution in [-0.2, 0) is 9.53 Å². The zero-order chi connectivity index (χ0) is 28.8. The van der Waals surface area contributed by atoms with Crippen molar-refractivity contribution in [1.29, 1.82) is 0 Å². The molecule has 2 heterocycles. The molecule has 1 unspecified atom stereocenters. The number of hydrogen-bond acceptors (Lipinski definition) is 7. The molecule has 2 aromatic carbocycles. The molecule has 210 valence electrons. The average molecular weight is 549 g/mol. The number of aliphatic hydroxyl groups is 2. The van der Waals surface area contributed by atoms with E-state index in [0.29, 0.717) is 11.1 Å². The van der Waals surface area contributed by atoms with E-state index in [1.54, 1.807) is 67.3 Å². The fraction of sp³-hybridized carbons (Fsp3) is 0.414. The summed E-state index contributed by atoms with van der Waals surface area (Å²) in [6, 6.07) is 12.8. The van der Waals surface area contributed by atoms with Crippen molar-refractivity contribution < 1.29 is 34.1 Å². The Kier molecular flexibility index (Phi) is 7.30. The van der Waals surface area contributed by atoms with Gasteiger partial charge in [0.1, 0.15) is 25.1 Å². The van der Waals surface area contributed by atoms with Crippen molar-refractivity contribution in [2.75, 3.05) is 6.67 Å². The zero-order valence-electron chi connectivity index (χ0n) is 22.5. The molecule has 2 saturated heterocycles. The third-order valence-corrected chi connectivity index (χ3v) is 7.66. The minimum Gasteiger partial charge on any atom is -0.382 e. The lowest BCUT2D eigenvalue weighted by molar-refractivity contribution is -0.115. The van der Waals surface area contributed by atoms with Gasteiger partial charge >= 0.3 is 6.03 Å². The number of hydrogen-bond donors (Lipinski definition) is 3. The van der Waals surface area contributed by atoms with Gasteiger partial charge in [-0.1, -0.05) is 48.5 Å². The van der Waals surface area contributed by atoms with Gasteiger partial charge in [-0.25, -0.2) is 4.79 Å². The molecule has 11 heteroatoms. The molecule has 3 amide bonds. The highest BCUT2D eigenvalue weighted by molar-refractivity contribution is 6.07. The number of nitrogens with zero attached hydrogens (tertiary/aromatic N) is 3. The van der Waals surface area contributed by atoms with Crippen LogP contribution in [0.2, 0.25) is 0 Å². The van der Waals surface area contributed by atoms with Gasteiger partial charge < -0.3 is 19.8 Å². The third-order valence-electron chi connectivity index (χ3n) is 7.66. The predicted molar refractivity (Wildman–Crippen MR) is 143 cm³/mol. The summed E-state index contributed by atoms with van der Waals surface area (Å²) in [6.07, 6.45) is -3.42. The highest BCUT2D eigenvalue weighted by Gasteiger charge is 2.59. The summed E-state index contributed by atoms with van der Waals surface area (Å²) in [4.78, 5) is 59.0. The number of ether oxygens (including phenoxy) is 1. The zero-order valence-corrected chi connectivity index (χ0v) is 22.5. The van der Waals surface area contributed by atoms with E-state index in [-0.39, 0.29) is 36.2 Å². The highest BCUT2D eigenvalue weighted by atomic mass is 16.6. The monoisotopic (exact) mass is 548 g/mol. The van der Waals surface area contributed by atoms with Crippen molar-refractivity contribution in [3.05, 3.63) is 70.8 Å². The molecule has 11 nitrogen and oxygen atoms in total. The summed E-state index contributed by atoms with van der Waals surface area (Å²) in [5.41, 5.74) is -0.666. The SMILES string of the molecule is CC(=O)N=C1NC(=O)N([C@H]2C[C@@](O)(C(=O)c3ccccc3C)[C@@H](C(O)C(=O)c3ccccc3C)O2)CN1C1CC1. The fourth-order valence-electron chi connectivity index (χ4n) is 5.33. The van der Waals surface area contributed by atoms with Crippen LogP contribution in [0, 0.1) is 13.8 Å². The number of amides is 3. The Morgan fingerprint density at radius 2 is 1.62 bits per heavy atom. The van der Waals surface area contributed by atoms with Crippen molar-refractivity contribution in [1.82, 2.24) is 15.1 Å². The number of rotatable bonds is 7. The molecule has 3 N–H and O–H groups in total. The van der Waals surface area contributed by atoms with Crippen LogP contribution in [0.15, 0.2) is 53.5 Å². The molecule has 40 heavy (non-hydrogen) atoms. The lowest BCUT2D eigenvalue weighted by Crippen LogP contribution is -2.63. The molecule has 3 fully saturated rings. The number of aliphatic hydroxyl groups excluding tert-OH is 1. The Labute approximate surface area is 231 Å². The maximum Gasteiger partial charge on any atom is 0.327 e. The third kappa shape index (κ3) is 5.03. The van der Waals surface area contributed by atoms with E-state index in [0.717, 1.165) is 12.8 Å². The van der Waals surface area contributed by atoms with E-state index in [2.05, 4.69) is 10.3 Å². The van der Waals surface area contributed by atoms with Crippen LogP contribution in [0.4, 0.5) is 4.79 Å². The van der Waals surface area contributed by atoms with Gasteiger partial charge in [0.15, 0.2) is 17.2 Å². The van der Waals surface area contributed by atoms with E-state index >= 15 is 0 Å². The summed E-state index contributed by atoms with van der Waals surface area (Å²) < 4.78 is 6.07. The molecule has 0 aromatic heterocycles. The number of nitrogens with one attached hydrogen (secondary N) is 1. The maximum absolute atomic E-state index is 13.9. The van der Waals surface area contributed by atoms with Crippen LogP contribution < -0.4 is 5.32 Å². The molecule has 2 aromatic rings. The molecule has 1 saturated carbocycles. The first kappa shape index (κ1) is 27.6. The van der Waals surface area contributed by atoms with Gasteiger partial charge in [-0.2, -0.15) is 4.99 Å². The molecule has 1 aliphatic carbocycles. The van der Waals surface area contributed by atoms with Gasteiger partial charge in [0.05, 0.1) is 0 Å². The molecule has 4 atom stereocenters. The topological polar surface area (TPSA) is 149 Å². The minimum absolute atomic E-state index is 0.0174. The quantitative estimate of drug-likeness (QED) is 0.445. The number of aryl methyl sites for hydroxylation is 2. The number of benzene rings is 2. The molecule has 0 radical (unpaired) electrons. The van der Waals surface area contributed by atoms with Crippen molar-refractivity contribution >= 4 is 29.5 Å². The number of urea groups is 1. The second-order valence-electron chi connectivity index (χ2n) is 10.6. The molecule has 3 aliphatic rings. The fourth-order valence-corrected chi connectivity index (χ4v) is 5.33. The Morgan fingerprint density at radius 1 is 1.02 bits per heavy atom. The van der Waals surface area contributed by atoms with E-state index in [1.807, 2.05) is 0 Å². The second-order valence-corrected chi connectivity index (χ2v) is 10.6. The van der Waals surface area contributed by atoms with Gasteiger partial charge in [-0.15, -0.1) is 0 Å². The molecule has 0 bridgehead atoms. The van der Waals surface area contributed by atoms with Crippen molar-refractivity contribution in [2.24, 2.45) is 4.99 Å². The minimum atomic E-state index is -2.33. The summed E-state index contributed by atoms with van der Waals surface area (Å²) in [7, 11) is 0. The van der Waals surface area contributed by atoms with Crippen molar-refractivity contribution in [3.8, 4) is 0 Å². The van der Waals surface area contributed by atoms with Crippen LogP contribution in [-0.4, -0.2) is 86.2 Å². The number of carbonyl (C=O) groups excluding carboxylic acids is 4. The largest absolute Gasteiger partial charge is 0.382 e. The Hall–Kier alpha value is -3.93. The van der Waals surface area contributed by atoms with E-state index in [4.69, 9.17) is 4.74 Å². The lowest BCUT2D eigenvalue weighted by atomic mass is 9.81. The van der Waals surface area contributed by atoms with E-state index in [1.165, 1.54) is 11.8 Å². The molecule has 2 aliphatic heterocycles. The van der Waals surface area contributed by atoms with Gasteiger partial charge in [0.2, 0.25) is 11.9 Å². The second kappa shape index (κ2) is 10.6. The van der Waals surface area contributed by atoms with Crippen LogP contribution in [0.5, 0.6) is 0 Å². The lowest BCUT2D eigenvalue weighted by Gasteiger charge is -2.40. The number of Topliss-reactive ketones (excluding diaryl/α,β-unsaturated/α-hetero) is 2. The molecular weight excluding hydrogens is 516 g/mol. The van der Waals surface area contributed by atoms with Gasteiger partial charge in [0.25, 0.3) is 0 Å². The maximum atomic E-state index is 13.9. The number of aliphatic imine (C=N–C) groups is 1. The summed E-state index contributed by atoms with van der Waals surface area (Å²) in [5, 5.41) is 25.9. The Balaban J connectivity index is 1.50. The Morgan fingerprint density at radius 3 is 2.20 bits per heavy atom. The van der Waals surface area contributed by atoms with E-state index in [9.17, 15) is 29.4 Å². The molecule has 5 rings (SSSR count). The summed E-state index contributed by atoms with van der Waals surface area (Å²) in [5.74, 6) is -1.77. The first-order valence-corrected chi connectivity index (χ1v) is 13.2. The Bertz CT molecular complexity index is 1400. The molecule has 0 spiro atoms. The predicted octanol–water partition coefficient (Wildman–Crippen LogP) is 1.93. The number of carbonyl (C=O) groups is 4. The van der Waals surface area contributed by atoms with Crippen LogP contribution in [0.1, 0.15) is 58.0 Å². The smallest absolute Gasteiger partial charge is 0.327 e. The van der Waals surface area contributed by atoms with Crippen molar-refractivity contribution in [3.63, 3.8) is 0 Å².